The van der Waals surface area contributed by atoms with Gasteiger partial charge in [0.15, 0.2) is 11.2 Å². The first kappa shape index (κ1) is 14.8. The van der Waals surface area contributed by atoms with Crippen molar-refractivity contribution in [3.05, 3.63) is 76.6 Å². The molecule has 0 unspecified atom stereocenters. The normalized spacial score (nSPS) is 10.4. The molecule has 3 rings (SSSR count). The van der Waals surface area contributed by atoms with Gasteiger partial charge in [-0.15, -0.1) is 0 Å². The lowest BCUT2D eigenvalue weighted by Gasteiger charge is -2.07. The molecule has 0 atom stereocenters. The number of benzene rings is 2. The Morgan fingerprint density at radius 1 is 0.957 bits per heavy atom. The zero-order valence-electron chi connectivity index (χ0n) is 12.4. The average Bonchev–Trinajstić information content (AvgIpc) is 2.59. The number of carbonyl (C=O) groups is 1. The van der Waals surface area contributed by atoms with Crippen LogP contribution in [0.5, 0.6) is 0 Å². The summed E-state index contributed by atoms with van der Waals surface area (Å²) in [4.78, 5) is 24.0. The van der Waals surface area contributed by atoms with Crippen LogP contribution in [0.4, 0.5) is 5.69 Å². The van der Waals surface area contributed by atoms with Crippen molar-refractivity contribution >= 4 is 22.6 Å². The number of anilines is 1. The van der Waals surface area contributed by atoms with Gasteiger partial charge < -0.3 is 15.1 Å². The minimum absolute atomic E-state index is 0.0217. The summed E-state index contributed by atoms with van der Waals surface area (Å²) in [7, 11) is 0. The maximum Gasteiger partial charge on any atom is 0.287 e. The van der Waals surface area contributed by atoms with E-state index in [-0.39, 0.29) is 11.2 Å². The van der Waals surface area contributed by atoms with E-state index in [0.717, 1.165) is 5.69 Å². The van der Waals surface area contributed by atoms with E-state index in [1.165, 1.54) is 6.07 Å². The number of hydrogen-bond donors (Lipinski definition) is 2. The highest BCUT2D eigenvalue weighted by Gasteiger charge is 2.11. The van der Waals surface area contributed by atoms with Gasteiger partial charge in [0.1, 0.15) is 5.58 Å². The second kappa shape index (κ2) is 6.79. The molecule has 5 nitrogen and oxygen atoms in total. The number of para-hydroxylation sites is 2. The van der Waals surface area contributed by atoms with E-state index in [9.17, 15) is 9.59 Å². The highest BCUT2D eigenvalue weighted by molar-refractivity contribution is 5.93. The van der Waals surface area contributed by atoms with Crippen LogP contribution in [0, 0.1) is 0 Å². The average molecular weight is 308 g/mol. The van der Waals surface area contributed by atoms with Gasteiger partial charge in [-0.3, -0.25) is 9.59 Å². The molecule has 2 aromatic carbocycles. The third-order valence-corrected chi connectivity index (χ3v) is 3.37. The van der Waals surface area contributed by atoms with E-state index in [0.29, 0.717) is 24.1 Å². The van der Waals surface area contributed by atoms with Crippen LogP contribution < -0.4 is 16.1 Å². The lowest BCUT2D eigenvalue weighted by Crippen LogP contribution is -2.29. The maximum atomic E-state index is 12.1. The van der Waals surface area contributed by atoms with Crippen LogP contribution in [-0.4, -0.2) is 19.0 Å². The molecule has 3 aromatic rings. The molecule has 1 aromatic heterocycles. The zero-order chi connectivity index (χ0) is 16.1. The Hall–Kier alpha value is -3.08. The van der Waals surface area contributed by atoms with Crippen LogP contribution in [0.1, 0.15) is 10.6 Å². The summed E-state index contributed by atoms with van der Waals surface area (Å²) in [6, 6.07) is 17.8. The predicted octanol–water partition coefficient (Wildman–Crippen LogP) is 2.63. The van der Waals surface area contributed by atoms with Gasteiger partial charge in [0.2, 0.25) is 0 Å². The lowest BCUT2D eigenvalue weighted by atomic mass is 10.2. The summed E-state index contributed by atoms with van der Waals surface area (Å²) in [5, 5.41) is 6.38. The number of hydrogen-bond acceptors (Lipinski definition) is 4. The highest BCUT2D eigenvalue weighted by atomic mass is 16.3. The smallest absolute Gasteiger partial charge is 0.287 e. The Morgan fingerprint density at radius 2 is 1.70 bits per heavy atom. The number of amides is 1. The van der Waals surface area contributed by atoms with Gasteiger partial charge in [0.25, 0.3) is 5.91 Å². The van der Waals surface area contributed by atoms with Crippen LogP contribution in [0.25, 0.3) is 11.0 Å². The largest absolute Gasteiger partial charge is 0.451 e. The quantitative estimate of drug-likeness (QED) is 0.711. The summed E-state index contributed by atoms with van der Waals surface area (Å²) in [5.74, 6) is -0.379. The molecule has 116 valence electrons. The molecule has 0 aliphatic rings. The first-order chi connectivity index (χ1) is 11.2. The molecular weight excluding hydrogens is 292 g/mol. The van der Waals surface area contributed by atoms with Gasteiger partial charge in [-0.2, -0.15) is 0 Å². The minimum atomic E-state index is -0.400. The third kappa shape index (κ3) is 3.58. The number of carbonyl (C=O) groups excluding carboxylic acids is 1. The SMILES string of the molecule is O=C(NCCNc1ccccc1)c1cc(=O)c2ccccc2o1. The first-order valence-electron chi connectivity index (χ1n) is 7.34. The second-order valence-corrected chi connectivity index (χ2v) is 5.02. The van der Waals surface area contributed by atoms with E-state index in [4.69, 9.17) is 4.42 Å². The van der Waals surface area contributed by atoms with Crippen molar-refractivity contribution in [2.24, 2.45) is 0 Å². The van der Waals surface area contributed by atoms with Gasteiger partial charge in [-0.25, -0.2) is 0 Å². The molecular formula is C18H16N2O3. The van der Waals surface area contributed by atoms with Gasteiger partial charge in [-0.1, -0.05) is 30.3 Å². The Bertz CT molecular complexity index is 872. The number of nitrogens with one attached hydrogen (secondary N) is 2. The van der Waals surface area contributed by atoms with Crippen molar-refractivity contribution in [1.29, 1.82) is 0 Å². The van der Waals surface area contributed by atoms with Gasteiger partial charge in [-0.05, 0) is 24.3 Å². The van der Waals surface area contributed by atoms with E-state index in [1.807, 2.05) is 30.3 Å². The molecule has 2 N–H and O–H groups in total. The molecule has 0 fully saturated rings. The van der Waals surface area contributed by atoms with E-state index in [1.54, 1.807) is 24.3 Å². The maximum absolute atomic E-state index is 12.1. The van der Waals surface area contributed by atoms with Crippen LogP contribution in [0.15, 0.2) is 69.9 Å². The molecule has 5 heteroatoms. The van der Waals surface area contributed by atoms with E-state index >= 15 is 0 Å². The summed E-state index contributed by atoms with van der Waals surface area (Å²) >= 11 is 0. The molecule has 0 aliphatic heterocycles. The van der Waals surface area contributed by atoms with Gasteiger partial charge in [0.05, 0.1) is 5.39 Å². The van der Waals surface area contributed by atoms with Gasteiger partial charge in [0, 0.05) is 24.8 Å². The highest BCUT2D eigenvalue weighted by Crippen LogP contribution is 2.11. The summed E-state index contributed by atoms with van der Waals surface area (Å²) in [5.41, 5.74) is 1.17. The summed E-state index contributed by atoms with van der Waals surface area (Å²) in [6.45, 7) is 0.998. The molecule has 0 spiro atoms. The molecule has 23 heavy (non-hydrogen) atoms. The summed E-state index contributed by atoms with van der Waals surface area (Å²) in [6.07, 6.45) is 0. The van der Waals surface area contributed by atoms with Crippen LogP contribution >= 0.6 is 0 Å². The van der Waals surface area contributed by atoms with Crippen molar-refractivity contribution in [3.63, 3.8) is 0 Å². The predicted molar refractivity (Wildman–Crippen MR) is 89.7 cm³/mol. The van der Waals surface area contributed by atoms with Crippen LogP contribution in [0.3, 0.4) is 0 Å². The van der Waals surface area contributed by atoms with Crippen molar-refractivity contribution in [3.8, 4) is 0 Å². The molecule has 0 aliphatic carbocycles. The van der Waals surface area contributed by atoms with Crippen LogP contribution in [-0.2, 0) is 0 Å². The zero-order valence-corrected chi connectivity index (χ0v) is 12.4. The van der Waals surface area contributed by atoms with Crippen molar-refractivity contribution in [2.75, 3.05) is 18.4 Å². The standard InChI is InChI=1S/C18H16N2O3/c21-15-12-17(23-16-9-5-4-8-14(15)16)18(22)20-11-10-19-13-6-2-1-3-7-13/h1-9,12,19H,10-11H2,(H,20,22). The fourth-order valence-corrected chi connectivity index (χ4v) is 2.24. The van der Waals surface area contributed by atoms with Crippen molar-refractivity contribution < 1.29 is 9.21 Å². The number of fused-ring (bicyclic) bond motifs is 1. The second-order valence-electron chi connectivity index (χ2n) is 5.02. The third-order valence-electron chi connectivity index (χ3n) is 3.37. The first-order valence-corrected chi connectivity index (χ1v) is 7.34. The lowest BCUT2D eigenvalue weighted by molar-refractivity contribution is 0.0928. The van der Waals surface area contributed by atoms with Crippen molar-refractivity contribution in [2.45, 2.75) is 0 Å². The van der Waals surface area contributed by atoms with Crippen molar-refractivity contribution in [1.82, 2.24) is 5.32 Å². The topological polar surface area (TPSA) is 71.3 Å². The molecule has 0 bridgehead atoms. The fourth-order valence-electron chi connectivity index (χ4n) is 2.24. The summed E-state index contributed by atoms with van der Waals surface area (Å²) < 4.78 is 5.49. The molecule has 1 amide bonds. The Labute approximate surface area is 132 Å². The minimum Gasteiger partial charge on any atom is -0.451 e. The molecule has 0 radical (unpaired) electrons. The van der Waals surface area contributed by atoms with E-state index in [2.05, 4.69) is 10.6 Å². The monoisotopic (exact) mass is 308 g/mol. The number of rotatable bonds is 5. The molecule has 0 saturated heterocycles. The Balaban J connectivity index is 1.61. The molecule has 1 heterocycles. The Morgan fingerprint density at radius 3 is 2.52 bits per heavy atom. The van der Waals surface area contributed by atoms with E-state index < -0.39 is 5.91 Å². The Kier molecular flexibility index (Phi) is 4.38. The molecule has 0 saturated carbocycles. The van der Waals surface area contributed by atoms with Crippen LogP contribution in [0.2, 0.25) is 0 Å². The fraction of sp³-hybridized carbons (Fsp3) is 0.111. The van der Waals surface area contributed by atoms with Gasteiger partial charge >= 0.3 is 0 Å².